The van der Waals surface area contributed by atoms with E-state index in [1.165, 1.54) is 6.07 Å². The molecule has 2 rings (SSSR count). The van der Waals surface area contributed by atoms with Gasteiger partial charge in [0.15, 0.2) is 0 Å². The first-order valence-corrected chi connectivity index (χ1v) is 4.02. The first kappa shape index (κ1) is 7.55. The summed E-state index contributed by atoms with van der Waals surface area (Å²) >= 11 is 0. The molecule has 1 aromatic rings. The molecule has 1 aromatic carbocycles. The summed E-state index contributed by atoms with van der Waals surface area (Å²) in [5.74, 6) is -0.331. The minimum Gasteiger partial charge on any atom is -0.396 e. The number of nitrogen functional groups attached to an aromatic ring is 1. The maximum atomic E-state index is 12.9. The second-order valence-electron chi connectivity index (χ2n) is 3.17. The van der Waals surface area contributed by atoms with Gasteiger partial charge in [0, 0.05) is 6.04 Å². The Morgan fingerprint density at radius 2 is 2.17 bits per heavy atom. The fourth-order valence-electron chi connectivity index (χ4n) is 1.73. The Morgan fingerprint density at radius 3 is 2.92 bits per heavy atom. The molecule has 0 heterocycles. The topological polar surface area (TPSA) is 52.0 Å². The lowest BCUT2D eigenvalue weighted by atomic mass is 10.1. The molecule has 0 aliphatic heterocycles. The lowest BCUT2D eigenvalue weighted by Gasteiger charge is -2.06. The van der Waals surface area contributed by atoms with Gasteiger partial charge in [0.05, 0.1) is 5.69 Å². The van der Waals surface area contributed by atoms with Gasteiger partial charge in [0.1, 0.15) is 5.82 Å². The Bertz CT molecular complexity index is 323. The van der Waals surface area contributed by atoms with E-state index >= 15 is 0 Å². The zero-order valence-electron chi connectivity index (χ0n) is 6.68. The summed E-state index contributed by atoms with van der Waals surface area (Å²) in [5, 5.41) is 0. The molecule has 0 radical (unpaired) electrons. The van der Waals surface area contributed by atoms with Crippen molar-refractivity contribution in [3.63, 3.8) is 0 Å². The molecule has 0 amide bonds. The Kier molecular flexibility index (Phi) is 1.54. The van der Waals surface area contributed by atoms with E-state index in [9.17, 15) is 4.39 Å². The number of benzene rings is 1. The lowest BCUT2D eigenvalue weighted by molar-refractivity contribution is 0.630. The summed E-state index contributed by atoms with van der Waals surface area (Å²) < 4.78 is 12.9. The monoisotopic (exact) mass is 166 g/mol. The smallest absolute Gasteiger partial charge is 0.146 e. The molecule has 0 spiro atoms. The van der Waals surface area contributed by atoms with Crippen LogP contribution in [0.3, 0.4) is 0 Å². The van der Waals surface area contributed by atoms with Crippen LogP contribution in [-0.4, -0.2) is 0 Å². The van der Waals surface area contributed by atoms with Crippen LogP contribution in [0.2, 0.25) is 0 Å². The van der Waals surface area contributed by atoms with Gasteiger partial charge in [0.2, 0.25) is 0 Å². The molecule has 0 saturated carbocycles. The van der Waals surface area contributed by atoms with Gasteiger partial charge in [-0.3, -0.25) is 0 Å². The minimum atomic E-state index is -0.331. The van der Waals surface area contributed by atoms with Crippen molar-refractivity contribution in [2.24, 2.45) is 5.73 Å². The highest BCUT2D eigenvalue weighted by Crippen LogP contribution is 2.34. The standard InChI is InChI=1S/C9H11FN2/c10-7-3-1-5-6(9(7)12)2-4-8(5)11/h1,3,8H,2,4,11-12H2/t8-/m1/s1. The lowest BCUT2D eigenvalue weighted by Crippen LogP contribution is -2.05. The normalized spacial score (nSPS) is 21.0. The van der Waals surface area contributed by atoms with E-state index in [0.717, 1.165) is 24.0 Å². The van der Waals surface area contributed by atoms with Crippen LogP contribution >= 0.6 is 0 Å². The summed E-state index contributed by atoms with van der Waals surface area (Å²) in [6.45, 7) is 0. The molecule has 0 saturated heterocycles. The van der Waals surface area contributed by atoms with Crippen molar-refractivity contribution in [2.45, 2.75) is 18.9 Å². The SMILES string of the molecule is Nc1c(F)ccc2c1CC[C@H]2N. The van der Waals surface area contributed by atoms with Crippen molar-refractivity contribution in [1.29, 1.82) is 0 Å². The van der Waals surface area contributed by atoms with Crippen molar-refractivity contribution in [3.8, 4) is 0 Å². The van der Waals surface area contributed by atoms with Crippen LogP contribution in [0, 0.1) is 5.82 Å². The fraction of sp³-hybridized carbons (Fsp3) is 0.333. The van der Waals surface area contributed by atoms with Crippen molar-refractivity contribution in [3.05, 3.63) is 29.1 Å². The average molecular weight is 166 g/mol. The number of anilines is 1. The molecule has 0 fully saturated rings. The highest BCUT2D eigenvalue weighted by atomic mass is 19.1. The second kappa shape index (κ2) is 2.45. The number of nitrogens with two attached hydrogens (primary N) is 2. The van der Waals surface area contributed by atoms with Crippen molar-refractivity contribution in [1.82, 2.24) is 0 Å². The quantitative estimate of drug-likeness (QED) is 0.571. The number of rotatable bonds is 0. The van der Waals surface area contributed by atoms with Gasteiger partial charge >= 0.3 is 0 Å². The maximum Gasteiger partial charge on any atom is 0.146 e. The largest absolute Gasteiger partial charge is 0.396 e. The molecule has 0 unspecified atom stereocenters. The van der Waals surface area contributed by atoms with Crippen LogP contribution in [0.5, 0.6) is 0 Å². The molecule has 1 aliphatic carbocycles. The number of halogens is 1. The summed E-state index contributed by atoms with van der Waals surface area (Å²) in [6, 6.07) is 3.17. The summed E-state index contributed by atoms with van der Waals surface area (Å²) in [5.41, 5.74) is 13.5. The highest BCUT2D eigenvalue weighted by Gasteiger charge is 2.22. The third-order valence-corrected chi connectivity index (χ3v) is 2.44. The molecule has 1 aliphatic rings. The van der Waals surface area contributed by atoms with E-state index in [2.05, 4.69) is 0 Å². The van der Waals surface area contributed by atoms with Crippen molar-refractivity contribution < 1.29 is 4.39 Å². The Hall–Kier alpha value is -1.09. The van der Waals surface area contributed by atoms with Crippen LogP contribution in [0.4, 0.5) is 10.1 Å². The van der Waals surface area contributed by atoms with Crippen LogP contribution in [0.25, 0.3) is 0 Å². The number of hydrogen-bond donors (Lipinski definition) is 2. The molecule has 3 heteroatoms. The Morgan fingerprint density at radius 1 is 1.42 bits per heavy atom. The van der Waals surface area contributed by atoms with Gasteiger partial charge in [-0.05, 0) is 30.0 Å². The van der Waals surface area contributed by atoms with E-state index in [1.807, 2.05) is 0 Å². The molecular weight excluding hydrogens is 155 g/mol. The predicted molar refractivity (Wildman–Crippen MR) is 46.1 cm³/mol. The van der Waals surface area contributed by atoms with E-state index in [-0.39, 0.29) is 17.5 Å². The molecule has 64 valence electrons. The van der Waals surface area contributed by atoms with Crippen LogP contribution < -0.4 is 11.5 Å². The highest BCUT2D eigenvalue weighted by molar-refractivity contribution is 5.55. The summed E-state index contributed by atoms with van der Waals surface area (Å²) in [7, 11) is 0. The molecule has 2 nitrogen and oxygen atoms in total. The molecular formula is C9H11FN2. The van der Waals surface area contributed by atoms with Crippen molar-refractivity contribution >= 4 is 5.69 Å². The summed E-state index contributed by atoms with van der Waals surface area (Å²) in [4.78, 5) is 0. The van der Waals surface area contributed by atoms with Crippen molar-refractivity contribution in [2.75, 3.05) is 5.73 Å². The Labute approximate surface area is 70.4 Å². The van der Waals surface area contributed by atoms with E-state index in [4.69, 9.17) is 11.5 Å². The third kappa shape index (κ3) is 0.898. The Balaban J connectivity index is 2.60. The third-order valence-electron chi connectivity index (χ3n) is 2.44. The van der Waals surface area contributed by atoms with Gasteiger partial charge < -0.3 is 11.5 Å². The zero-order valence-corrected chi connectivity index (χ0v) is 6.68. The van der Waals surface area contributed by atoms with Gasteiger partial charge in [0.25, 0.3) is 0 Å². The van der Waals surface area contributed by atoms with Crippen LogP contribution in [0.15, 0.2) is 12.1 Å². The first-order valence-electron chi connectivity index (χ1n) is 4.02. The molecule has 0 aromatic heterocycles. The first-order chi connectivity index (χ1) is 5.70. The zero-order chi connectivity index (χ0) is 8.72. The molecule has 4 N–H and O–H groups in total. The van der Waals surface area contributed by atoms with Gasteiger partial charge in [-0.2, -0.15) is 0 Å². The van der Waals surface area contributed by atoms with E-state index in [1.54, 1.807) is 6.07 Å². The van der Waals surface area contributed by atoms with Crippen LogP contribution in [0.1, 0.15) is 23.6 Å². The van der Waals surface area contributed by atoms with Gasteiger partial charge in [-0.25, -0.2) is 4.39 Å². The molecule has 12 heavy (non-hydrogen) atoms. The summed E-state index contributed by atoms with van der Waals surface area (Å²) in [6.07, 6.45) is 1.68. The average Bonchev–Trinajstić information content (AvgIpc) is 2.41. The number of fused-ring (bicyclic) bond motifs is 1. The molecule has 1 atom stereocenters. The maximum absolute atomic E-state index is 12.9. The van der Waals surface area contributed by atoms with Gasteiger partial charge in [-0.15, -0.1) is 0 Å². The predicted octanol–water partition coefficient (Wildman–Crippen LogP) is 1.35. The molecule has 0 bridgehead atoms. The minimum absolute atomic E-state index is 0.0444. The van der Waals surface area contributed by atoms with Gasteiger partial charge in [-0.1, -0.05) is 6.07 Å². The number of hydrogen-bond acceptors (Lipinski definition) is 2. The fourth-order valence-corrected chi connectivity index (χ4v) is 1.73. The van der Waals surface area contributed by atoms with E-state index < -0.39 is 0 Å². The van der Waals surface area contributed by atoms with E-state index in [0.29, 0.717) is 0 Å². The second-order valence-corrected chi connectivity index (χ2v) is 3.17. The van der Waals surface area contributed by atoms with Crippen LogP contribution in [-0.2, 0) is 6.42 Å².